The van der Waals surface area contributed by atoms with Crippen LogP contribution in [0.2, 0.25) is 10.0 Å². The van der Waals surface area contributed by atoms with Crippen molar-refractivity contribution in [1.82, 2.24) is 0 Å². The van der Waals surface area contributed by atoms with Gasteiger partial charge in [0.25, 0.3) is 0 Å². The van der Waals surface area contributed by atoms with Gasteiger partial charge in [-0.2, -0.15) is 0 Å². The lowest BCUT2D eigenvalue weighted by Gasteiger charge is -2.29. The van der Waals surface area contributed by atoms with Crippen molar-refractivity contribution in [2.24, 2.45) is 0 Å². The summed E-state index contributed by atoms with van der Waals surface area (Å²) in [4.78, 5) is 0. The number of rotatable bonds is 3. The van der Waals surface area contributed by atoms with Crippen LogP contribution >= 0.6 is 23.2 Å². The maximum Gasteiger partial charge on any atom is 0.184 e. The summed E-state index contributed by atoms with van der Waals surface area (Å²) in [6, 6.07) is 14.0. The Kier molecular flexibility index (Phi) is 6.20. The molecule has 28 heavy (non-hydrogen) atoms. The molecule has 2 aromatic rings. The van der Waals surface area contributed by atoms with Crippen LogP contribution in [-0.4, -0.2) is 47.8 Å². The first-order valence-electron chi connectivity index (χ1n) is 8.93. The van der Waals surface area contributed by atoms with Crippen LogP contribution < -0.4 is 0 Å². The zero-order valence-electron chi connectivity index (χ0n) is 14.8. The quantitative estimate of drug-likeness (QED) is 0.784. The lowest BCUT2D eigenvalue weighted by Crippen LogP contribution is -2.45. The fraction of sp³-hybridized carbons (Fsp3) is 0.400. The van der Waals surface area contributed by atoms with Gasteiger partial charge in [-0.1, -0.05) is 47.5 Å². The molecule has 0 amide bonds. The fourth-order valence-corrected chi connectivity index (χ4v) is 3.58. The number of aliphatic hydroxyl groups excluding tert-OH is 2. The number of hydrogen-bond acceptors (Lipinski definition) is 6. The SMILES string of the molecule is OC[C@@H]1OC(c2ccc(Cl)cc2)O[C@@H]2COC(c3ccc(Cl)cc3)O[C@@H]1[C@H]2O. The van der Waals surface area contributed by atoms with Gasteiger partial charge in [0, 0.05) is 21.2 Å². The summed E-state index contributed by atoms with van der Waals surface area (Å²) in [6.07, 6.45) is -4.91. The number of ether oxygens (including phenoxy) is 4. The molecular formula is C20H20Cl2O6. The van der Waals surface area contributed by atoms with Gasteiger partial charge < -0.3 is 29.2 Å². The highest BCUT2D eigenvalue weighted by molar-refractivity contribution is 6.30. The van der Waals surface area contributed by atoms with Crippen LogP contribution in [0.5, 0.6) is 0 Å². The highest BCUT2D eigenvalue weighted by Gasteiger charge is 2.46. The number of fused-ring (bicyclic) bond motifs is 2. The van der Waals surface area contributed by atoms with E-state index in [0.717, 1.165) is 11.1 Å². The van der Waals surface area contributed by atoms with Gasteiger partial charge in [0.2, 0.25) is 0 Å². The standard InChI is InChI=1S/C20H20Cl2O6/c21-13-5-1-11(2-6-13)19-25-10-16-17(24)18(28-19)15(9-23)26-20(27-16)12-3-7-14(22)8-4-12/h1-8,15-20,23-24H,9-10H2/t15-,16+,17-,18-,19?,20?/m0/s1. The summed E-state index contributed by atoms with van der Waals surface area (Å²) in [7, 11) is 0. The van der Waals surface area contributed by atoms with Crippen molar-refractivity contribution in [3.8, 4) is 0 Å². The summed E-state index contributed by atoms with van der Waals surface area (Å²) in [5.41, 5.74) is 1.46. The summed E-state index contributed by atoms with van der Waals surface area (Å²) < 4.78 is 23.8. The van der Waals surface area contributed by atoms with E-state index in [1.54, 1.807) is 48.5 Å². The van der Waals surface area contributed by atoms with Crippen molar-refractivity contribution >= 4 is 23.2 Å². The predicted molar refractivity (Wildman–Crippen MR) is 102 cm³/mol. The monoisotopic (exact) mass is 426 g/mol. The normalized spacial score (nSPS) is 33.1. The molecule has 2 heterocycles. The molecule has 2 aliphatic heterocycles. The highest BCUT2D eigenvalue weighted by atomic mass is 35.5. The van der Waals surface area contributed by atoms with E-state index in [-0.39, 0.29) is 13.2 Å². The molecule has 0 aromatic heterocycles. The highest BCUT2D eigenvalue weighted by Crippen LogP contribution is 2.36. The first-order valence-corrected chi connectivity index (χ1v) is 9.68. The van der Waals surface area contributed by atoms with Crippen molar-refractivity contribution in [3.05, 3.63) is 69.7 Å². The van der Waals surface area contributed by atoms with E-state index in [4.69, 9.17) is 42.1 Å². The maximum absolute atomic E-state index is 10.8. The average Bonchev–Trinajstić information content (AvgIpc) is 2.94. The molecule has 2 bridgehead atoms. The fourth-order valence-electron chi connectivity index (χ4n) is 3.33. The zero-order valence-corrected chi connectivity index (χ0v) is 16.3. The van der Waals surface area contributed by atoms with Crippen molar-refractivity contribution in [3.63, 3.8) is 0 Å². The topological polar surface area (TPSA) is 77.4 Å². The summed E-state index contributed by atoms with van der Waals surface area (Å²) in [5.74, 6) is 0. The smallest absolute Gasteiger partial charge is 0.184 e. The third-order valence-corrected chi connectivity index (χ3v) is 5.34. The lowest BCUT2D eigenvalue weighted by molar-refractivity contribution is -0.249. The minimum atomic E-state index is -1.04. The third kappa shape index (κ3) is 4.20. The number of benzene rings is 2. The average molecular weight is 427 g/mol. The molecule has 150 valence electrons. The summed E-state index contributed by atoms with van der Waals surface area (Å²) in [5, 5.41) is 21.9. The molecule has 2 saturated heterocycles. The van der Waals surface area contributed by atoms with E-state index < -0.39 is 37.0 Å². The van der Waals surface area contributed by atoms with Crippen molar-refractivity contribution in [1.29, 1.82) is 0 Å². The van der Waals surface area contributed by atoms with E-state index in [9.17, 15) is 10.2 Å². The van der Waals surface area contributed by atoms with Gasteiger partial charge in [0.05, 0.1) is 13.2 Å². The molecule has 4 rings (SSSR count). The number of hydrogen-bond donors (Lipinski definition) is 2. The van der Waals surface area contributed by atoms with E-state index in [2.05, 4.69) is 0 Å². The summed E-state index contributed by atoms with van der Waals surface area (Å²) >= 11 is 11.9. The predicted octanol–water partition coefficient (Wildman–Crippen LogP) is 3.24. The van der Waals surface area contributed by atoms with E-state index >= 15 is 0 Å². The second-order valence-corrected chi connectivity index (χ2v) is 7.60. The van der Waals surface area contributed by atoms with Gasteiger partial charge in [0.1, 0.15) is 24.4 Å². The molecule has 2 unspecified atom stereocenters. The van der Waals surface area contributed by atoms with Gasteiger partial charge >= 0.3 is 0 Å². The van der Waals surface area contributed by atoms with Crippen molar-refractivity contribution < 1.29 is 29.2 Å². The van der Waals surface area contributed by atoms with E-state index in [1.807, 2.05) is 0 Å². The largest absolute Gasteiger partial charge is 0.394 e. The van der Waals surface area contributed by atoms with Crippen LogP contribution in [0.25, 0.3) is 0 Å². The molecule has 0 radical (unpaired) electrons. The molecule has 8 heteroatoms. The second-order valence-electron chi connectivity index (χ2n) is 6.72. The number of halogens is 2. The maximum atomic E-state index is 10.8. The van der Waals surface area contributed by atoms with E-state index in [0.29, 0.717) is 10.0 Å². The lowest BCUT2D eigenvalue weighted by atomic mass is 10.0. The minimum absolute atomic E-state index is 0.0938. The van der Waals surface area contributed by atoms with Crippen LogP contribution in [-0.2, 0) is 18.9 Å². The number of aliphatic hydroxyl groups is 2. The van der Waals surface area contributed by atoms with Gasteiger partial charge in [-0.3, -0.25) is 0 Å². The zero-order chi connectivity index (χ0) is 19.7. The van der Waals surface area contributed by atoms with Crippen LogP contribution in [0.3, 0.4) is 0 Å². The Labute approximate surface area is 172 Å². The molecule has 2 fully saturated rings. The van der Waals surface area contributed by atoms with E-state index in [1.165, 1.54) is 0 Å². The molecule has 0 saturated carbocycles. The minimum Gasteiger partial charge on any atom is -0.394 e. The van der Waals surface area contributed by atoms with Crippen LogP contribution in [0, 0.1) is 0 Å². The van der Waals surface area contributed by atoms with Gasteiger partial charge in [0.15, 0.2) is 12.6 Å². The molecule has 2 N–H and O–H groups in total. The van der Waals surface area contributed by atoms with Gasteiger partial charge in [-0.15, -0.1) is 0 Å². The molecule has 6 nitrogen and oxygen atoms in total. The Morgan fingerprint density at radius 1 is 0.821 bits per heavy atom. The molecule has 2 aliphatic rings. The van der Waals surface area contributed by atoms with Crippen molar-refractivity contribution in [2.75, 3.05) is 13.2 Å². The Balaban J connectivity index is 1.59. The molecule has 2 aromatic carbocycles. The Hall–Kier alpha value is -1.22. The van der Waals surface area contributed by atoms with Crippen LogP contribution in [0.4, 0.5) is 0 Å². The van der Waals surface area contributed by atoms with Crippen molar-refractivity contribution in [2.45, 2.75) is 37.0 Å². The molecule has 0 spiro atoms. The van der Waals surface area contributed by atoms with Gasteiger partial charge in [-0.25, -0.2) is 0 Å². The van der Waals surface area contributed by atoms with Crippen LogP contribution in [0.1, 0.15) is 23.7 Å². The first-order chi connectivity index (χ1) is 13.5. The molecular weight excluding hydrogens is 407 g/mol. The second kappa shape index (κ2) is 8.65. The van der Waals surface area contributed by atoms with Gasteiger partial charge in [-0.05, 0) is 24.3 Å². The third-order valence-electron chi connectivity index (χ3n) is 4.84. The Morgan fingerprint density at radius 3 is 1.96 bits per heavy atom. The summed E-state index contributed by atoms with van der Waals surface area (Å²) in [6.45, 7) is -0.258. The Morgan fingerprint density at radius 2 is 1.39 bits per heavy atom. The molecule has 6 atom stereocenters. The first kappa shape index (κ1) is 20.1. The Bertz CT molecular complexity index is 782. The molecule has 0 aliphatic carbocycles. The van der Waals surface area contributed by atoms with Crippen LogP contribution in [0.15, 0.2) is 48.5 Å².